The number of fused-ring (bicyclic) bond motifs is 1. The second kappa shape index (κ2) is 7.94. The van der Waals surface area contributed by atoms with Crippen LogP contribution in [0.25, 0.3) is 0 Å². The maximum absolute atomic E-state index is 5.80. The number of nitrogens with zero attached hydrogens (tertiary/aromatic N) is 1. The number of nitrogens with one attached hydrogen (secondary N) is 1. The molecule has 3 heteroatoms. The Morgan fingerprint density at radius 2 is 1.95 bits per heavy atom. The van der Waals surface area contributed by atoms with Crippen LogP contribution in [0, 0.1) is 11.8 Å². The molecule has 4 unspecified atom stereocenters. The van der Waals surface area contributed by atoms with E-state index >= 15 is 0 Å². The van der Waals surface area contributed by atoms with Crippen molar-refractivity contribution >= 4 is 0 Å². The molecule has 0 aromatic heterocycles. The van der Waals surface area contributed by atoms with Gasteiger partial charge in [0, 0.05) is 31.2 Å². The second-order valence-corrected chi connectivity index (χ2v) is 7.43. The second-order valence-electron chi connectivity index (χ2n) is 7.43. The van der Waals surface area contributed by atoms with Gasteiger partial charge in [-0.2, -0.15) is 0 Å². The van der Waals surface area contributed by atoms with Crippen molar-refractivity contribution in [3.05, 3.63) is 0 Å². The van der Waals surface area contributed by atoms with Gasteiger partial charge < -0.3 is 10.1 Å². The van der Waals surface area contributed by atoms with Gasteiger partial charge in [-0.3, -0.25) is 4.90 Å². The number of likely N-dealkylation sites (tertiary alicyclic amines) is 1. The van der Waals surface area contributed by atoms with Crippen molar-refractivity contribution in [1.82, 2.24) is 10.2 Å². The highest BCUT2D eigenvalue weighted by Crippen LogP contribution is 2.36. The fraction of sp³-hybridized carbons (Fsp3) is 1.00. The third kappa shape index (κ3) is 4.00. The molecule has 1 N–H and O–H groups in total. The molecule has 3 fully saturated rings. The zero-order valence-corrected chi connectivity index (χ0v) is 13.9. The van der Waals surface area contributed by atoms with Gasteiger partial charge in [0.2, 0.25) is 0 Å². The average molecular weight is 294 g/mol. The first-order valence-electron chi connectivity index (χ1n) is 9.43. The first kappa shape index (κ1) is 15.8. The van der Waals surface area contributed by atoms with Crippen LogP contribution in [0.4, 0.5) is 0 Å². The van der Waals surface area contributed by atoms with Crippen LogP contribution in [0.5, 0.6) is 0 Å². The maximum Gasteiger partial charge on any atom is 0.0521 e. The van der Waals surface area contributed by atoms with E-state index in [9.17, 15) is 0 Å². The summed E-state index contributed by atoms with van der Waals surface area (Å²) < 4.78 is 5.80. The molecule has 122 valence electrons. The van der Waals surface area contributed by atoms with Gasteiger partial charge >= 0.3 is 0 Å². The van der Waals surface area contributed by atoms with Crippen molar-refractivity contribution < 1.29 is 4.74 Å². The Morgan fingerprint density at radius 1 is 1.10 bits per heavy atom. The molecule has 0 radical (unpaired) electrons. The summed E-state index contributed by atoms with van der Waals surface area (Å²) in [5.74, 6) is 1.70. The summed E-state index contributed by atoms with van der Waals surface area (Å²) in [6.45, 7) is 7.94. The molecule has 2 saturated heterocycles. The summed E-state index contributed by atoms with van der Waals surface area (Å²) in [5, 5.41) is 3.78. The molecule has 1 saturated carbocycles. The highest BCUT2D eigenvalue weighted by Gasteiger charge is 2.36. The van der Waals surface area contributed by atoms with Crippen LogP contribution in [0.1, 0.15) is 58.3 Å². The normalized spacial score (nSPS) is 38.1. The van der Waals surface area contributed by atoms with Crippen LogP contribution in [-0.2, 0) is 4.74 Å². The molecule has 2 heterocycles. The van der Waals surface area contributed by atoms with Crippen molar-refractivity contribution in [3.8, 4) is 0 Å². The van der Waals surface area contributed by atoms with Crippen LogP contribution in [0.2, 0.25) is 0 Å². The molecule has 0 spiro atoms. The molecular weight excluding hydrogens is 260 g/mol. The molecule has 0 amide bonds. The monoisotopic (exact) mass is 294 g/mol. The number of piperidine rings is 1. The Hall–Kier alpha value is -0.120. The number of hydrogen-bond donors (Lipinski definition) is 1. The molecule has 0 bridgehead atoms. The molecule has 21 heavy (non-hydrogen) atoms. The minimum absolute atomic E-state index is 0.683. The minimum atomic E-state index is 0.683. The third-order valence-electron chi connectivity index (χ3n) is 5.96. The van der Waals surface area contributed by atoms with Crippen LogP contribution in [0.3, 0.4) is 0 Å². The van der Waals surface area contributed by atoms with Crippen molar-refractivity contribution in [2.24, 2.45) is 11.8 Å². The number of rotatable bonds is 5. The van der Waals surface area contributed by atoms with E-state index in [0.29, 0.717) is 12.0 Å². The zero-order chi connectivity index (χ0) is 14.5. The first-order valence-corrected chi connectivity index (χ1v) is 9.43. The van der Waals surface area contributed by atoms with Crippen LogP contribution in [-0.4, -0.2) is 49.8 Å². The highest BCUT2D eigenvalue weighted by atomic mass is 16.5. The maximum atomic E-state index is 5.80. The van der Waals surface area contributed by atoms with Gasteiger partial charge in [-0.05, 0) is 57.5 Å². The smallest absolute Gasteiger partial charge is 0.0521 e. The molecule has 0 aromatic rings. The molecule has 3 nitrogen and oxygen atoms in total. The van der Waals surface area contributed by atoms with Gasteiger partial charge in [-0.25, -0.2) is 0 Å². The predicted octanol–water partition coefficient (Wildman–Crippen LogP) is 3.05. The van der Waals surface area contributed by atoms with E-state index in [0.717, 1.165) is 31.7 Å². The van der Waals surface area contributed by atoms with Crippen LogP contribution in [0.15, 0.2) is 0 Å². The van der Waals surface area contributed by atoms with Gasteiger partial charge in [-0.1, -0.05) is 19.8 Å². The third-order valence-corrected chi connectivity index (χ3v) is 5.96. The zero-order valence-electron chi connectivity index (χ0n) is 13.9. The van der Waals surface area contributed by atoms with Gasteiger partial charge in [-0.15, -0.1) is 0 Å². The Labute approximate surface area is 130 Å². The van der Waals surface area contributed by atoms with E-state index < -0.39 is 0 Å². The lowest BCUT2D eigenvalue weighted by Gasteiger charge is -2.46. The summed E-state index contributed by atoms with van der Waals surface area (Å²) in [6.07, 6.45) is 11.2. The van der Waals surface area contributed by atoms with E-state index in [1.165, 1.54) is 64.5 Å². The summed E-state index contributed by atoms with van der Waals surface area (Å²) in [4.78, 5) is 2.84. The lowest BCUT2D eigenvalue weighted by atomic mass is 9.77. The van der Waals surface area contributed by atoms with E-state index in [1.54, 1.807) is 0 Å². The van der Waals surface area contributed by atoms with E-state index in [4.69, 9.17) is 4.74 Å². The van der Waals surface area contributed by atoms with E-state index in [2.05, 4.69) is 17.1 Å². The largest absolute Gasteiger partial charge is 0.381 e. The van der Waals surface area contributed by atoms with Crippen molar-refractivity contribution in [1.29, 1.82) is 0 Å². The first-order chi connectivity index (χ1) is 10.4. The lowest BCUT2D eigenvalue weighted by molar-refractivity contribution is -0.0118. The van der Waals surface area contributed by atoms with Crippen LogP contribution >= 0.6 is 0 Å². The van der Waals surface area contributed by atoms with Crippen molar-refractivity contribution in [2.45, 2.75) is 70.4 Å². The lowest BCUT2D eigenvalue weighted by Crippen LogP contribution is -2.53. The van der Waals surface area contributed by atoms with E-state index in [-0.39, 0.29) is 0 Å². The Kier molecular flexibility index (Phi) is 5.96. The summed E-state index contributed by atoms with van der Waals surface area (Å²) >= 11 is 0. The Morgan fingerprint density at radius 3 is 2.86 bits per heavy atom. The quantitative estimate of drug-likeness (QED) is 0.843. The molecule has 1 aliphatic carbocycles. The molecule has 3 aliphatic rings. The van der Waals surface area contributed by atoms with E-state index in [1.807, 2.05) is 0 Å². The standard InChI is InChI=1S/C18H34N2O/c1-2-10-19-17-9-12-21-14-16(17)13-20-11-5-7-15-6-3-4-8-18(15)20/h15-19H,2-14H2,1H3. The number of ether oxygens (including phenoxy) is 1. The van der Waals surface area contributed by atoms with Crippen LogP contribution < -0.4 is 5.32 Å². The molecule has 4 atom stereocenters. The molecule has 2 aliphatic heterocycles. The van der Waals surface area contributed by atoms with Crippen molar-refractivity contribution in [2.75, 3.05) is 32.8 Å². The minimum Gasteiger partial charge on any atom is -0.381 e. The average Bonchev–Trinajstić information content (AvgIpc) is 2.54. The SMILES string of the molecule is CCCNC1CCOCC1CN1CCCC2CCCCC21. The number of hydrogen-bond acceptors (Lipinski definition) is 3. The Balaban J connectivity index is 1.57. The fourth-order valence-corrected chi connectivity index (χ4v) is 4.83. The van der Waals surface area contributed by atoms with Gasteiger partial charge in [0.1, 0.15) is 0 Å². The predicted molar refractivity (Wildman–Crippen MR) is 87.6 cm³/mol. The van der Waals surface area contributed by atoms with Crippen molar-refractivity contribution in [3.63, 3.8) is 0 Å². The highest BCUT2D eigenvalue weighted by molar-refractivity contribution is 4.90. The molecular formula is C18H34N2O. The summed E-state index contributed by atoms with van der Waals surface area (Å²) in [7, 11) is 0. The fourth-order valence-electron chi connectivity index (χ4n) is 4.83. The molecule has 3 rings (SSSR count). The van der Waals surface area contributed by atoms with Gasteiger partial charge in [0.15, 0.2) is 0 Å². The summed E-state index contributed by atoms with van der Waals surface area (Å²) in [5.41, 5.74) is 0. The van der Waals surface area contributed by atoms with Gasteiger partial charge in [0.05, 0.1) is 6.61 Å². The topological polar surface area (TPSA) is 24.5 Å². The Bertz CT molecular complexity index is 308. The summed E-state index contributed by atoms with van der Waals surface area (Å²) in [6, 6.07) is 1.57. The van der Waals surface area contributed by atoms with Gasteiger partial charge in [0.25, 0.3) is 0 Å². The molecule has 0 aromatic carbocycles.